The number of hydrogen-bond donors (Lipinski definition) is 4. The number of carbonyl (C=O) groups is 2. The molecule has 0 saturated heterocycles. The molecule has 10 nitrogen and oxygen atoms in total. The predicted octanol–water partition coefficient (Wildman–Crippen LogP) is 4.42. The van der Waals surface area contributed by atoms with Crippen LogP contribution < -0.4 is 10.6 Å². The number of carbonyl (C=O) groups excluding carboxylic acids is 1. The summed E-state index contributed by atoms with van der Waals surface area (Å²) >= 11 is 0.994. The van der Waals surface area contributed by atoms with Crippen LogP contribution in [0.2, 0.25) is 0 Å². The number of nitrogens with one attached hydrogen (secondary N) is 2. The Morgan fingerprint density at radius 3 is 2.61 bits per heavy atom. The number of phenolic OH excluding ortho intramolecular Hbond substituents is 1. The monoisotopic (exact) mass is 473 g/mol. The molecule has 1 amide bonds. The van der Waals surface area contributed by atoms with Crippen LogP contribution in [0.3, 0.4) is 0 Å². The molecule has 176 valence electrons. The van der Waals surface area contributed by atoms with Crippen LogP contribution in [0.1, 0.15) is 60.8 Å². The molecule has 3 aromatic rings. The molecule has 0 bridgehead atoms. The molecule has 2 aromatic heterocycles. The minimum atomic E-state index is -1.15. The molecular weight excluding hydrogens is 446 g/mol. The van der Waals surface area contributed by atoms with E-state index in [2.05, 4.69) is 33.2 Å². The van der Waals surface area contributed by atoms with Gasteiger partial charge in [0.05, 0.1) is 35.3 Å². The van der Waals surface area contributed by atoms with E-state index >= 15 is 0 Å². The first kappa shape index (κ1) is 24.1. The van der Waals surface area contributed by atoms with Gasteiger partial charge in [0.15, 0.2) is 17.4 Å². The van der Waals surface area contributed by atoms with E-state index in [0.29, 0.717) is 17.6 Å². The summed E-state index contributed by atoms with van der Waals surface area (Å²) < 4.78 is 14.3. The molecular formula is C22H27N5O5S. The van der Waals surface area contributed by atoms with E-state index < -0.39 is 18.4 Å². The average molecular weight is 474 g/mol. The third kappa shape index (κ3) is 5.61. The van der Waals surface area contributed by atoms with Crippen molar-refractivity contribution in [1.29, 1.82) is 0 Å². The van der Waals surface area contributed by atoms with Crippen LogP contribution >= 0.6 is 11.7 Å². The van der Waals surface area contributed by atoms with Crippen molar-refractivity contribution in [2.45, 2.75) is 39.2 Å². The van der Waals surface area contributed by atoms with Gasteiger partial charge < -0.3 is 30.2 Å². The van der Waals surface area contributed by atoms with Gasteiger partial charge in [-0.15, -0.1) is 0 Å². The smallest absolute Gasteiger partial charge is 0.323 e. The number of hydrogen-bond acceptors (Lipinski definition) is 9. The number of aromatic nitrogens is 2. The van der Waals surface area contributed by atoms with Crippen molar-refractivity contribution in [3.8, 4) is 5.75 Å². The van der Waals surface area contributed by atoms with Gasteiger partial charge in [0.2, 0.25) is 0 Å². The number of phenols is 1. The molecule has 11 heteroatoms. The van der Waals surface area contributed by atoms with Gasteiger partial charge in [-0.1, -0.05) is 26.8 Å². The second kappa shape index (κ2) is 10.3. The Bertz CT molecular complexity index is 1130. The highest BCUT2D eigenvalue weighted by Gasteiger charge is 2.22. The molecule has 0 aliphatic heterocycles. The van der Waals surface area contributed by atoms with E-state index in [1.54, 1.807) is 18.4 Å². The largest absolute Gasteiger partial charge is 0.505 e. The number of aliphatic carboxylic acids is 1. The molecule has 4 N–H and O–H groups in total. The number of nitrogens with zero attached hydrogens (tertiary/aromatic N) is 3. The summed E-state index contributed by atoms with van der Waals surface area (Å²) in [5.74, 6) is -0.0630. The fourth-order valence-electron chi connectivity index (χ4n) is 3.18. The highest BCUT2D eigenvalue weighted by atomic mass is 32.1. The summed E-state index contributed by atoms with van der Waals surface area (Å²) in [6.07, 6.45) is 2.50. The second-order valence-corrected chi connectivity index (χ2v) is 8.41. The van der Waals surface area contributed by atoms with Crippen molar-refractivity contribution >= 4 is 40.9 Å². The van der Waals surface area contributed by atoms with Crippen molar-refractivity contribution in [3.05, 3.63) is 47.4 Å². The third-order valence-electron chi connectivity index (χ3n) is 5.10. The predicted molar refractivity (Wildman–Crippen MR) is 125 cm³/mol. The molecule has 0 aliphatic carbocycles. The van der Waals surface area contributed by atoms with Crippen molar-refractivity contribution in [3.63, 3.8) is 0 Å². The van der Waals surface area contributed by atoms with Crippen molar-refractivity contribution in [1.82, 2.24) is 13.6 Å². The average Bonchev–Trinajstić information content (AvgIpc) is 3.42. The lowest BCUT2D eigenvalue weighted by molar-refractivity contribution is -0.137. The number of anilines is 3. The quantitative estimate of drug-likeness (QED) is 0.315. The second-order valence-electron chi connectivity index (χ2n) is 7.89. The molecule has 33 heavy (non-hydrogen) atoms. The summed E-state index contributed by atoms with van der Waals surface area (Å²) in [4.78, 5) is 24.5. The van der Waals surface area contributed by atoms with Crippen molar-refractivity contribution < 1.29 is 24.2 Å². The van der Waals surface area contributed by atoms with Crippen LogP contribution in [0.15, 0.2) is 34.9 Å². The summed E-state index contributed by atoms with van der Waals surface area (Å²) in [6.45, 7) is 5.74. The maximum Gasteiger partial charge on any atom is 0.323 e. The topological polar surface area (TPSA) is 141 Å². The van der Waals surface area contributed by atoms with Gasteiger partial charge in [-0.2, -0.15) is 8.75 Å². The van der Waals surface area contributed by atoms with Gasteiger partial charge in [0.1, 0.15) is 12.3 Å². The maximum absolute atomic E-state index is 12.5. The molecule has 0 fully saturated rings. The minimum absolute atomic E-state index is 0.0234. The number of amides is 1. The summed E-state index contributed by atoms with van der Waals surface area (Å²) in [6, 6.07) is 6.49. The zero-order chi connectivity index (χ0) is 24.1. The lowest BCUT2D eigenvalue weighted by atomic mass is 10.1. The Labute approximate surface area is 195 Å². The molecule has 0 aliphatic rings. The summed E-state index contributed by atoms with van der Waals surface area (Å²) in [7, 11) is 1.35. The summed E-state index contributed by atoms with van der Waals surface area (Å²) in [5, 5.41) is 25.9. The first-order valence-corrected chi connectivity index (χ1v) is 11.2. The van der Waals surface area contributed by atoms with Gasteiger partial charge >= 0.3 is 5.97 Å². The van der Waals surface area contributed by atoms with Crippen LogP contribution in [0.25, 0.3) is 0 Å². The fourth-order valence-corrected chi connectivity index (χ4v) is 3.66. The standard InChI is InChI=1S/C22H27N5O5S/c1-5-15(17-9-13(11-32-17)12(2)3)23-20-21(26-33-25-20)24-16-8-6-7-14(19(16)30)22(31)27(4)10-18(28)29/h6-9,11-12,15,30H,5,10H2,1-4H3,(H,23,25)(H,24,26)(H,28,29)/t15-/m1/s1. The Morgan fingerprint density at radius 2 is 1.97 bits per heavy atom. The number of carboxylic acids is 1. The van der Waals surface area contributed by atoms with Crippen LogP contribution in [0, 0.1) is 0 Å². The molecule has 0 saturated carbocycles. The van der Waals surface area contributed by atoms with Crippen LogP contribution in [0.4, 0.5) is 17.3 Å². The van der Waals surface area contributed by atoms with Crippen LogP contribution in [-0.4, -0.2) is 49.3 Å². The molecule has 1 aromatic carbocycles. The number of benzene rings is 1. The number of para-hydroxylation sites is 1. The van der Waals surface area contributed by atoms with E-state index in [4.69, 9.17) is 9.52 Å². The zero-order valence-electron chi connectivity index (χ0n) is 18.8. The van der Waals surface area contributed by atoms with Gasteiger partial charge in [0, 0.05) is 7.05 Å². The zero-order valence-corrected chi connectivity index (χ0v) is 19.6. The summed E-state index contributed by atoms with van der Waals surface area (Å²) in [5.41, 5.74) is 1.33. The Morgan fingerprint density at radius 1 is 1.24 bits per heavy atom. The highest BCUT2D eigenvalue weighted by Crippen LogP contribution is 2.34. The Hall–Kier alpha value is -3.60. The fraction of sp³-hybridized carbons (Fsp3) is 0.364. The Balaban J connectivity index is 1.80. The minimum Gasteiger partial charge on any atom is -0.505 e. The number of likely N-dealkylation sites (N-methyl/N-ethyl adjacent to an activating group) is 1. The molecule has 3 rings (SSSR count). The Kier molecular flexibility index (Phi) is 7.54. The van der Waals surface area contributed by atoms with Gasteiger partial charge in [0.25, 0.3) is 5.91 Å². The SMILES string of the molecule is CC[C@@H](Nc1nsnc1Nc1cccc(C(=O)N(C)CC(=O)O)c1O)c1cc(C(C)C)co1. The van der Waals surface area contributed by atoms with Crippen LogP contribution in [-0.2, 0) is 4.79 Å². The number of carboxylic acid groups (broad SMARTS) is 1. The normalized spacial score (nSPS) is 11.9. The molecule has 0 unspecified atom stereocenters. The maximum atomic E-state index is 12.5. The molecule has 1 atom stereocenters. The van der Waals surface area contributed by atoms with Crippen LogP contribution in [0.5, 0.6) is 5.75 Å². The first-order chi connectivity index (χ1) is 15.7. The number of rotatable bonds is 10. The van der Waals surface area contributed by atoms with Gasteiger partial charge in [-0.25, -0.2) is 0 Å². The number of furan rings is 1. The van der Waals surface area contributed by atoms with E-state index in [9.17, 15) is 14.7 Å². The highest BCUT2D eigenvalue weighted by molar-refractivity contribution is 6.99. The van der Waals surface area contributed by atoms with Gasteiger partial charge in [-0.3, -0.25) is 9.59 Å². The molecule has 2 heterocycles. The lowest BCUT2D eigenvalue weighted by Gasteiger charge is -2.17. The third-order valence-corrected chi connectivity index (χ3v) is 5.62. The van der Waals surface area contributed by atoms with Crippen molar-refractivity contribution in [2.75, 3.05) is 24.2 Å². The first-order valence-electron chi connectivity index (χ1n) is 10.4. The van der Waals surface area contributed by atoms with E-state index in [1.807, 2.05) is 13.0 Å². The lowest BCUT2D eigenvalue weighted by Crippen LogP contribution is -2.32. The van der Waals surface area contributed by atoms with Gasteiger partial charge in [-0.05, 0) is 36.1 Å². The molecule has 0 spiro atoms. The van der Waals surface area contributed by atoms with E-state index in [1.165, 1.54) is 13.1 Å². The van der Waals surface area contributed by atoms with E-state index in [0.717, 1.165) is 34.4 Å². The van der Waals surface area contributed by atoms with E-state index in [-0.39, 0.29) is 23.0 Å². The molecule has 0 radical (unpaired) electrons. The van der Waals surface area contributed by atoms with Crippen molar-refractivity contribution in [2.24, 2.45) is 0 Å². The number of aromatic hydroxyl groups is 1.